The highest BCUT2D eigenvalue weighted by Gasteiger charge is 2.20. The van der Waals surface area contributed by atoms with E-state index in [1.165, 1.54) is 11.7 Å². The minimum absolute atomic E-state index is 0.171. The molecule has 4 aromatic rings. The van der Waals surface area contributed by atoms with E-state index < -0.39 is 35.4 Å². The molecule has 0 saturated heterocycles. The van der Waals surface area contributed by atoms with Gasteiger partial charge in [-0.3, -0.25) is 9.25 Å². The van der Waals surface area contributed by atoms with Gasteiger partial charge in [0.1, 0.15) is 5.82 Å². The Kier molecular flexibility index (Phi) is 6.44. The van der Waals surface area contributed by atoms with Crippen LogP contribution in [0.1, 0.15) is 29.1 Å². The summed E-state index contributed by atoms with van der Waals surface area (Å²) < 4.78 is 46.5. The van der Waals surface area contributed by atoms with Crippen molar-refractivity contribution in [3.05, 3.63) is 90.1 Å². The van der Waals surface area contributed by atoms with Crippen LogP contribution in [0.5, 0.6) is 0 Å². The molecule has 0 unspecified atom stereocenters. The van der Waals surface area contributed by atoms with Crippen LogP contribution in [0.4, 0.5) is 19.1 Å². The molecule has 0 spiro atoms. The first kappa shape index (κ1) is 25.1. The third-order valence-corrected chi connectivity index (χ3v) is 5.96. The second kappa shape index (κ2) is 9.74. The maximum absolute atomic E-state index is 14.5. The van der Waals surface area contributed by atoms with Gasteiger partial charge in [0.2, 0.25) is 5.95 Å². The van der Waals surface area contributed by atoms with Crippen molar-refractivity contribution in [3.63, 3.8) is 0 Å². The van der Waals surface area contributed by atoms with Crippen LogP contribution in [0.3, 0.4) is 0 Å². The molecule has 0 aliphatic heterocycles. The normalized spacial score (nSPS) is 13.1. The Bertz CT molecular complexity index is 1750. The predicted octanol–water partition coefficient (Wildman–Crippen LogP) is 1.61. The van der Waals surface area contributed by atoms with Gasteiger partial charge in [0.25, 0.3) is 0 Å². The highest BCUT2D eigenvalue weighted by atomic mass is 35.5. The van der Waals surface area contributed by atoms with E-state index in [4.69, 9.17) is 11.6 Å². The van der Waals surface area contributed by atoms with Gasteiger partial charge in [-0.05, 0) is 28.6 Å². The van der Waals surface area contributed by atoms with E-state index in [1.807, 2.05) is 0 Å². The van der Waals surface area contributed by atoms with Gasteiger partial charge in [0, 0.05) is 54.6 Å². The fourth-order valence-electron chi connectivity index (χ4n) is 3.87. The van der Waals surface area contributed by atoms with E-state index in [1.54, 1.807) is 30.1 Å². The van der Waals surface area contributed by atoms with E-state index in [2.05, 4.69) is 30.9 Å². The molecular weight excluding hydrogens is 529 g/mol. The Labute approximate surface area is 216 Å². The van der Waals surface area contributed by atoms with Crippen molar-refractivity contribution >= 4 is 29.7 Å². The summed E-state index contributed by atoms with van der Waals surface area (Å²) in [6.45, 7) is -0.922. The van der Waals surface area contributed by atoms with Crippen molar-refractivity contribution in [3.8, 4) is 0 Å². The minimum Gasteiger partial charge on any atom is -0.329 e. The Morgan fingerprint density at radius 3 is 2.53 bits per heavy atom. The molecule has 0 bridgehead atoms. The lowest BCUT2D eigenvalue weighted by atomic mass is 10.2. The summed E-state index contributed by atoms with van der Waals surface area (Å²) in [6, 6.07) is 1.01. The quantitative estimate of drug-likeness (QED) is 0.361. The van der Waals surface area contributed by atoms with Gasteiger partial charge in [0.05, 0.1) is 18.8 Å². The molecular formula is C22H18ClF3N10O2. The van der Waals surface area contributed by atoms with E-state index in [9.17, 15) is 22.8 Å². The first-order chi connectivity index (χ1) is 18.1. The van der Waals surface area contributed by atoms with Gasteiger partial charge in [-0.1, -0.05) is 11.6 Å². The fraction of sp³-hybridized carbons (Fsp3) is 0.227. The second-order valence-corrected chi connectivity index (χ2v) is 8.94. The first-order valence-corrected chi connectivity index (χ1v) is 11.4. The molecule has 1 aliphatic carbocycles. The molecule has 0 amide bonds. The number of halogens is 4. The zero-order valence-corrected chi connectivity index (χ0v) is 20.6. The van der Waals surface area contributed by atoms with Crippen molar-refractivity contribution in [2.24, 2.45) is 14.1 Å². The Morgan fingerprint density at radius 2 is 1.79 bits per heavy atom. The molecule has 0 saturated carbocycles. The van der Waals surface area contributed by atoms with Gasteiger partial charge >= 0.3 is 11.4 Å². The molecule has 0 radical (unpaired) electrons. The SMILES string of the molecule is Cn1cc2c(n1)C=C(Cl)CC(Nc1nc(=O)n(Cc3nnnn3C)c(=O)n1Cc1cc(F)c(F)cc1F)=C2. The van der Waals surface area contributed by atoms with Crippen LogP contribution in [0, 0.1) is 17.5 Å². The van der Waals surface area contributed by atoms with Crippen LogP contribution in [0.15, 0.2) is 38.6 Å². The molecule has 1 aromatic carbocycles. The second-order valence-electron chi connectivity index (χ2n) is 8.46. The third kappa shape index (κ3) is 4.87. The van der Waals surface area contributed by atoms with Gasteiger partial charge in [0.15, 0.2) is 17.5 Å². The van der Waals surface area contributed by atoms with Crippen molar-refractivity contribution in [2.75, 3.05) is 5.32 Å². The number of hydrogen-bond acceptors (Lipinski definition) is 8. The number of aryl methyl sites for hydroxylation is 2. The van der Waals surface area contributed by atoms with Crippen LogP contribution in [0.2, 0.25) is 0 Å². The molecule has 5 rings (SSSR count). The van der Waals surface area contributed by atoms with Crippen LogP contribution >= 0.6 is 11.6 Å². The molecule has 1 N–H and O–H groups in total. The standard InChI is InChI=1S/C22H18ClF3N10O2/c1-33-8-12-3-14(5-13(23)6-18(12)30-33)27-20-28-21(37)36(10-19-29-31-32-34(19)2)22(38)35(20)9-11-4-16(25)17(26)7-15(11)24/h3-4,6-8H,5,9-10H2,1-2H3,(H,27,28,37). The number of nitrogens with one attached hydrogen (secondary N) is 1. The summed E-state index contributed by atoms with van der Waals surface area (Å²) >= 11 is 6.35. The number of rotatable bonds is 6. The van der Waals surface area contributed by atoms with E-state index >= 15 is 0 Å². The maximum Gasteiger partial charge on any atom is 0.355 e. The van der Waals surface area contributed by atoms with Gasteiger partial charge < -0.3 is 5.32 Å². The number of tetrazole rings is 1. The lowest BCUT2D eigenvalue weighted by Crippen LogP contribution is -2.43. The number of nitrogens with zero attached hydrogens (tertiary/aromatic N) is 9. The summed E-state index contributed by atoms with van der Waals surface area (Å²) in [7, 11) is 3.25. The number of hydrogen-bond donors (Lipinski definition) is 1. The Balaban J connectivity index is 1.62. The number of allylic oxidation sites excluding steroid dienone is 1. The molecule has 3 aromatic heterocycles. The highest BCUT2D eigenvalue weighted by molar-refractivity contribution is 6.31. The Hall–Kier alpha value is -4.53. The van der Waals surface area contributed by atoms with Crippen LogP contribution in [-0.4, -0.2) is 44.1 Å². The van der Waals surface area contributed by atoms with Gasteiger partial charge in [-0.15, -0.1) is 5.10 Å². The number of anilines is 1. The van der Waals surface area contributed by atoms with Crippen molar-refractivity contribution in [2.45, 2.75) is 19.5 Å². The van der Waals surface area contributed by atoms with Crippen molar-refractivity contribution < 1.29 is 13.2 Å². The monoisotopic (exact) mass is 546 g/mol. The average Bonchev–Trinajstić information content (AvgIpc) is 3.36. The molecule has 12 nitrogen and oxygen atoms in total. The van der Waals surface area contributed by atoms with E-state index in [0.29, 0.717) is 34.1 Å². The molecule has 0 fully saturated rings. The summed E-state index contributed by atoms with van der Waals surface area (Å²) in [5.41, 5.74) is -0.453. The average molecular weight is 547 g/mol. The largest absolute Gasteiger partial charge is 0.355 e. The van der Waals surface area contributed by atoms with Gasteiger partial charge in [-0.2, -0.15) is 10.1 Å². The molecule has 38 heavy (non-hydrogen) atoms. The van der Waals surface area contributed by atoms with Crippen molar-refractivity contribution in [1.82, 2.24) is 44.1 Å². The first-order valence-electron chi connectivity index (χ1n) is 11.0. The number of benzene rings is 1. The third-order valence-electron chi connectivity index (χ3n) is 5.72. The van der Waals surface area contributed by atoms with Crippen LogP contribution in [-0.2, 0) is 27.2 Å². The van der Waals surface area contributed by atoms with Crippen molar-refractivity contribution in [1.29, 1.82) is 0 Å². The zero-order valence-electron chi connectivity index (χ0n) is 19.9. The van der Waals surface area contributed by atoms with Gasteiger partial charge in [-0.25, -0.2) is 32.0 Å². The summed E-state index contributed by atoms with van der Waals surface area (Å²) in [6.07, 6.45) is 5.30. The molecule has 0 atom stereocenters. The predicted molar refractivity (Wildman–Crippen MR) is 129 cm³/mol. The topological polar surface area (TPSA) is 130 Å². The maximum atomic E-state index is 14.5. The highest BCUT2D eigenvalue weighted by Crippen LogP contribution is 2.27. The van der Waals surface area contributed by atoms with Crippen LogP contribution in [0.25, 0.3) is 12.2 Å². The smallest absolute Gasteiger partial charge is 0.329 e. The number of aromatic nitrogens is 9. The van der Waals surface area contributed by atoms with Crippen LogP contribution < -0.4 is 16.7 Å². The lowest BCUT2D eigenvalue weighted by molar-refractivity contribution is 0.485. The molecule has 3 heterocycles. The molecule has 1 aliphatic rings. The number of fused-ring (bicyclic) bond motifs is 1. The molecule has 196 valence electrons. The summed E-state index contributed by atoms with van der Waals surface area (Å²) in [5, 5.41) is 18.5. The van der Waals surface area contributed by atoms with E-state index in [0.717, 1.165) is 9.13 Å². The minimum atomic E-state index is -1.38. The summed E-state index contributed by atoms with van der Waals surface area (Å²) in [5.74, 6) is -3.86. The Morgan fingerprint density at radius 1 is 1.03 bits per heavy atom. The van der Waals surface area contributed by atoms with E-state index in [-0.39, 0.29) is 30.3 Å². The zero-order chi connectivity index (χ0) is 27.1. The molecule has 16 heteroatoms. The fourth-order valence-corrected chi connectivity index (χ4v) is 4.12. The lowest BCUT2D eigenvalue weighted by Gasteiger charge is -2.17. The summed E-state index contributed by atoms with van der Waals surface area (Å²) in [4.78, 5) is 30.4.